The predicted octanol–water partition coefficient (Wildman–Crippen LogP) is 2.93. The molecule has 1 saturated carbocycles. The monoisotopic (exact) mass is 220 g/mol. The highest BCUT2D eigenvalue weighted by Gasteiger charge is 2.70. The largest absolute Gasteiger partial charge is 0.465 e. The highest BCUT2D eigenvalue weighted by atomic mass is 16.5. The number of carbonyl (C=O) groups excluding carboxylic acids is 1. The first-order valence-electron chi connectivity index (χ1n) is 6.50. The van der Waals surface area contributed by atoms with Crippen molar-refractivity contribution < 1.29 is 9.53 Å². The molecule has 3 rings (SSSR count). The van der Waals surface area contributed by atoms with Crippen molar-refractivity contribution in [1.82, 2.24) is 0 Å². The van der Waals surface area contributed by atoms with Crippen molar-refractivity contribution >= 4 is 5.97 Å². The summed E-state index contributed by atoms with van der Waals surface area (Å²) in [5.41, 5.74) is -0.0961. The lowest BCUT2D eigenvalue weighted by Gasteiger charge is -2.40. The number of rotatable bonds is 3. The smallest absolute Gasteiger partial charge is 0.313 e. The second kappa shape index (κ2) is 3.12. The van der Waals surface area contributed by atoms with E-state index in [4.69, 9.17) is 4.74 Å². The zero-order valence-corrected chi connectivity index (χ0v) is 10.2. The quantitative estimate of drug-likeness (QED) is 0.540. The molecule has 0 radical (unpaired) electrons. The van der Waals surface area contributed by atoms with E-state index in [1.165, 1.54) is 6.42 Å². The van der Waals surface area contributed by atoms with Crippen LogP contribution in [0.5, 0.6) is 0 Å². The number of esters is 1. The molecule has 3 aliphatic rings. The molecule has 1 saturated heterocycles. The lowest BCUT2D eigenvalue weighted by atomic mass is 9.58. The van der Waals surface area contributed by atoms with E-state index in [2.05, 4.69) is 26.0 Å². The van der Waals surface area contributed by atoms with Gasteiger partial charge < -0.3 is 4.74 Å². The van der Waals surface area contributed by atoms with E-state index in [0.717, 1.165) is 19.3 Å². The van der Waals surface area contributed by atoms with Gasteiger partial charge in [0, 0.05) is 5.41 Å². The van der Waals surface area contributed by atoms with Crippen molar-refractivity contribution in [2.45, 2.75) is 39.5 Å². The summed E-state index contributed by atoms with van der Waals surface area (Å²) in [5, 5.41) is 0. The van der Waals surface area contributed by atoms with Crippen LogP contribution in [0.4, 0.5) is 0 Å². The Morgan fingerprint density at radius 3 is 2.94 bits per heavy atom. The Hall–Kier alpha value is -0.790. The summed E-state index contributed by atoms with van der Waals surface area (Å²) < 4.78 is 5.43. The standard InChI is InChI=1S/C14H20O2/c1-3-4-7-14-11-6-5-10(8-11)13(14,2)9-16-12(14)15/h5-6,10-11H,3-4,7-9H2,1-2H3/t10-,11+,13-,14-/m1/s1. The molecule has 0 aromatic rings. The van der Waals surface area contributed by atoms with Crippen molar-refractivity contribution in [3.05, 3.63) is 12.2 Å². The van der Waals surface area contributed by atoms with Crippen LogP contribution in [0, 0.1) is 22.7 Å². The van der Waals surface area contributed by atoms with Gasteiger partial charge in [-0.3, -0.25) is 4.79 Å². The molecule has 0 aromatic heterocycles. The fourth-order valence-electron chi connectivity index (χ4n) is 4.28. The summed E-state index contributed by atoms with van der Waals surface area (Å²) in [4.78, 5) is 12.2. The van der Waals surface area contributed by atoms with E-state index in [1.807, 2.05) is 0 Å². The second-order valence-corrected chi connectivity index (χ2v) is 5.90. The molecule has 2 heteroatoms. The molecule has 0 spiro atoms. The maximum Gasteiger partial charge on any atom is 0.313 e. The Labute approximate surface area is 97.1 Å². The third kappa shape index (κ3) is 0.922. The van der Waals surface area contributed by atoms with Gasteiger partial charge in [-0.2, -0.15) is 0 Å². The normalized spacial score (nSPS) is 48.5. The minimum absolute atomic E-state index is 0.0820. The van der Waals surface area contributed by atoms with E-state index >= 15 is 0 Å². The molecule has 2 bridgehead atoms. The summed E-state index contributed by atoms with van der Waals surface area (Å²) in [5.74, 6) is 1.10. The Balaban J connectivity index is 2.03. The molecule has 1 aliphatic heterocycles. The first-order chi connectivity index (χ1) is 7.65. The van der Waals surface area contributed by atoms with Crippen molar-refractivity contribution in [1.29, 1.82) is 0 Å². The molecule has 2 aliphatic carbocycles. The van der Waals surface area contributed by atoms with Crippen LogP contribution < -0.4 is 0 Å². The molecule has 0 amide bonds. The van der Waals surface area contributed by atoms with E-state index in [-0.39, 0.29) is 16.8 Å². The van der Waals surface area contributed by atoms with Crippen molar-refractivity contribution in [2.75, 3.05) is 6.61 Å². The maximum absolute atomic E-state index is 12.2. The molecule has 0 aromatic carbocycles. The van der Waals surface area contributed by atoms with Crippen LogP contribution in [-0.2, 0) is 9.53 Å². The number of allylic oxidation sites excluding steroid dienone is 2. The SMILES string of the molecule is CCCC[C@@]12C(=O)OC[C@]1(C)[C@@H]1C=C[C@H]2C1. The molecule has 2 fully saturated rings. The first-order valence-corrected chi connectivity index (χ1v) is 6.50. The molecule has 88 valence electrons. The summed E-state index contributed by atoms with van der Waals surface area (Å²) >= 11 is 0. The zero-order valence-electron chi connectivity index (χ0n) is 10.2. The Morgan fingerprint density at radius 2 is 2.19 bits per heavy atom. The van der Waals surface area contributed by atoms with Gasteiger partial charge in [0.2, 0.25) is 0 Å². The number of unbranched alkanes of at least 4 members (excludes halogenated alkanes) is 1. The van der Waals surface area contributed by atoms with Gasteiger partial charge in [0.1, 0.15) is 0 Å². The Bertz CT molecular complexity index is 360. The van der Waals surface area contributed by atoms with Crippen LogP contribution in [0.3, 0.4) is 0 Å². The van der Waals surface area contributed by atoms with Crippen LogP contribution in [-0.4, -0.2) is 12.6 Å². The summed E-state index contributed by atoms with van der Waals surface area (Å²) in [6.07, 6.45) is 9.08. The number of cyclic esters (lactones) is 1. The lowest BCUT2D eigenvalue weighted by Crippen LogP contribution is -2.44. The number of fused-ring (bicyclic) bond motifs is 5. The second-order valence-electron chi connectivity index (χ2n) is 5.90. The zero-order chi connectivity index (χ0) is 11.4. The third-order valence-electron chi connectivity index (χ3n) is 5.35. The van der Waals surface area contributed by atoms with Crippen molar-refractivity contribution in [3.63, 3.8) is 0 Å². The van der Waals surface area contributed by atoms with Gasteiger partial charge in [0.15, 0.2) is 0 Å². The van der Waals surface area contributed by atoms with E-state index in [0.29, 0.717) is 18.4 Å². The molecule has 16 heavy (non-hydrogen) atoms. The molecular formula is C14H20O2. The van der Waals surface area contributed by atoms with Gasteiger partial charge in [-0.25, -0.2) is 0 Å². The van der Waals surface area contributed by atoms with Gasteiger partial charge in [-0.05, 0) is 24.7 Å². The van der Waals surface area contributed by atoms with Gasteiger partial charge in [0.25, 0.3) is 0 Å². The van der Waals surface area contributed by atoms with Crippen LogP contribution in [0.1, 0.15) is 39.5 Å². The minimum atomic E-state index is -0.178. The van der Waals surface area contributed by atoms with Crippen molar-refractivity contribution in [3.8, 4) is 0 Å². The fraction of sp³-hybridized carbons (Fsp3) is 0.786. The fourth-order valence-corrected chi connectivity index (χ4v) is 4.28. The topological polar surface area (TPSA) is 26.3 Å². The molecule has 0 N–H and O–H groups in total. The molecule has 4 atom stereocenters. The maximum atomic E-state index is 12.2. The molecule has 1 heterocycles. The summed E-state index contributed by atoms with van der Waals surface area (Å²) in [6.45, 7) is 5.10. The van der Waals surface area contributed by atoms with Crippen LogP contribution in [0.2, 0.25) is 0 Å². The van der Waals surface area contributed by atoms with Gasteiger partial charge in [0.05, 0.1) is 12.0 Å². The third-order valence-corrected chi connectivity index (χ3v) is 5.35. The van der Waals surface area contributed by atoms with Crippen LogP contribution >= 0.6 is 0 Å². The Morgan fingerprint density at radius 1 is 1.44 bits per heavy atom. The highest BCUT2D eigenvalue weighted by Crippen LogP contribution is 2.68. The van der Waals surface area contributed by atoms with Crippen molar-refractivity contribution in [2.24, 2.45) is 22.7 Å². The van der Waals surface area contributed by atoms with E-state index < -0.39 is 0 Å². The van der Waals surface area contributed by atoms with Gasteiger partial charge in [-0.1, -0.05) is 38.8 Å². The predicted molar refractivity (Wildman–Crippen MR) is 61.8 cm³/mol. The van der Waals surface area contributed by atoms with Crippen LogP contribution in [0.25, 0.3) is 0 Å². The average molecular weight is 220 g/mol. The minimum Gasteiger partial charge on any atom is -0.465 e. The first kappa shape index (κ1) is 10.4. The van der Waals surface area contributed by atoms with Gasteiger partial charge in [-0.15, -0.1) is 0 Å². The summed E-state index contributed by atoms with van der Waals surface area (Å²) in [7, 11) is 0. The number of ether oxygens (including phenoxy) is 1. The van der Waals surface area contributed by atoms with Crippen LogP contribution in [0.15, 0.2) is 12.2 Å². The molecule has 0 unspecified atom stereocenters. The summed E-state index contributed by atoms with van der Waals surface area (Å²) in [6, 6.07) is 0. The van der Waals surface area contributed by atoms with E-state index in [1.54, 1.807) is 0 Å². The molecular weight excluding hydrogens is 200 g/mol. The Kier molecular flexibility index (Phi) is 2.02. The number of carbonyl (C=O) groups is 1. The average Bonchev–Trinajstić information content (AvgIpc) is 2.89. The molecule has 2 nitrogen and oxygen atoms in total. The van der Waals surface area contributed by atoms with Gasteiger partial charge >= 0.3 is 5.97 Å². The highest BCUT2D eigenvalue weighted by molar-refractivity contribution is 5.82. The number of hydrogen-bond donors (Lipinski definition) is 0. The van der Waals surface area contributed by atoms with E-state index in [9.17, 15) is 4.79 Å². The number of hydrogen-bond acceptors (Lipinski definition) is 2. The lowest BCUT2D eigenvalue weighted by molar-refractivity contribution is -0.149.